The predicted octanol–water partition coefficient (Wildman–Crippen LogP) is 1.68. The number of non-ortho nitro benzene ring substituents is 1. The molecule has 7 nitrogen and oxygen atoms in total. The molecule has 0 fully saturated rings. The molecule has 0 bridgehead atoms. The molecule has 0 spiro atoms. The van der Waals surface area contributed by atoms with Gasteiger partial charge in [0, 0.05) is 25.4 Å². The van der Waals surface area contributed by atoms with Crippen molar-refractivity contribution >= 4 is 5.69 Å². The van der Waals surface area contributed by atoms with Crippen LogP contribution in [0.15, 0.2) is 36.8 Å². The van der Waals surface area contributed by atoms with Crippen molar-refractivity contribution in [2.75, 3.05) is 7.11 Å². The van der Waals surface area contributed by atoms with Crippen LogP contribution >= 0.6 is 0 Å². The topological polar surface area (TPSA) is 90.2 Å². The first-order valence-electron chi connectivity index (χ1n) is 5.97. The summed E-state index contributed by atoms with van der Waals surface area (Å²) in [6, 6.07) is 6.49. The lowest BCUT2D eigenvalue weighted by Gasteiger charge is -2.06. The van der Waals surface area contributed by atoms with Crippen LogP contribution in [0, 0.1) is 10.1 Å². The minimum absolute atomic E-state index is 0.0168. The lowest BCUT2D eigenvalue weighted by Crippen LogP contribution is -2.13. The molecular formula is C13H14N4O3. The second kappa shape index (κ2) is 6.58. The second-order valence-corrected chi connectivity index (χ2v) is 4.10. The number of methoxy groups -OCH3 is 1. The van der Waals surface area contributed by atoms with Gasteiger partial charge in [0.1, 0.15) is 12.1 Å². The number of nitrogens with zero attached hydrogens (tertiary/aromatic N) is 3. The van der Waals surface area contributed by atoms with E-state index in [0.717, 1.165) is 11.3 Å². The zero-order valence-electron chi connectivity index (χ0n) is 10.9. The Kier molecular flexibility index (Phi) is 4.56. The SMILES string of the molecule is COc1cc(CNCc2ccncn2)cc([N+](=O)[O-])c1. The van der Waals surface area contributed by atoms with E-state index in [4.69, 9.17) is 4.74 Å². The highest BCUT2D eigenvalue weighted by Crippen LogP contribution is 2.22. The maximum atomic E-state index is 10.8. The molecule has 1 heterocycles. The summed E-state index contributed by atoms with van der Waals surface area (Å²) >= 11 is 0. The first-order chi connectivity index (χ1) is 9.69. The first kappa shape index (κ1) is 13.9. The van der Waals surface area contributed by atoms with E-state index in [0.29, 0.717) is 18.8 Å². The molecule has 20 heavy (non-hydrogen) atoms. The van der Waals surface area contributed by atoms with Crippen molar-refractivity contribution in [1.29, 1.82) is 0 Å². The van der Waals surface area contributed by atoms with E-state index >= 15 is 0 Å². The zero-order chi connectivity index (χ0) is 14.4. The highest BCUT2D eigenvalue weighted by molar-refractivity contribution is 5.42. The Labute approximate surface area is 115 Å². The lowest BCUT2D eigenvalue weighted by atomic mass is 10.2. The van der Waals surface area contributed by atoms with Gasteiger partial charge >= 0.3 is 0 Å². The van der Waals surface area contributed by atoms with Gasteiger partial charge in [0.05, 0.1) is 23.8 Å². The molecule has 1 aromatic carbocycles. The predicted molar refractivity (Wildman–Crippen MR) is 72.2 cm³/mol. The van der Waals surface area contributed by atoms with Gasteiger partial charge in [-0.2, -0.15) is 0 Å². The summed E-state index contributed by atoms with van der Waals surface area (Å²) in [6.07, 6.45) is 3.15. The zero-order valence-corrected chi connectivity index (χ0v) is 10.9. The van der Waals surface area contributed by atoms with Gasteiger partial charge in [0.2, 0.25) is 0 Å². The van der Waals surface area contributed by atoms with Crippen LogP contribution in [0.25, 0.3) is 0 Å². The van der Waals surface area contributed by atoms with Crippen LogP contribution in [0.2, 0.25) is 0 Å². The van der Waals surface area contributed by atoms with E-state index < -0.39 is 4.92 Å². The third-order valence-electron chi connectivity index (χ3n) is 2.68. The standard InChI is InChI=1S/C13H14N4O3/c1-20-13-5-10(4-12(6-13)17(18)19)7-15-8-11-2-3-14-9-16-11/h2-6,9,15H,7-8H2,1H3. The molecule has 0 aliphatic heterocycles. The van der Waals surface area contributed by atoms with Crippen molar-refractivity contribution in [2.45, 2.75) is 13.1 Å². The summed E-state index contributed by atoms with van der Waals surface area (Å²) in [7, 11) is 1.48. The summed E-state index contributed by atoms with van der Waals surface area (Å²) in [6.45, 7) is 1.05. The second-order valence-electron chi connectivity index (χ2n) is 4.10. The molecule has 0 radical (unpaired) electrons. The molecule has 0 saturated heterocycles. The van der Waals surface area contributed by atoms with E-state index in [1.807, 2.05) is 0 Å². The fourth-order valence-corrected chi connectivity index (χ4v) is 1.73. The molecule has 1 aromatic heterocycles. The van der Waals surface area contributed by atoms with Crippen LogP contribution in [-0.4, -0.2) is 22.0 Å². The summed E-state index contributed by atoms with van der Waals surface area (Å²) in [5.41, 5.74) is 1.66. The Balaban J connectivity index is 2.02. The minimum Gasteiger partial charge on any atom is -0.496 e. The highest BCUT2D eigenvalue weighted by Gasteiger charge is 2.10. The van der Waals surface area contributed by atoms with Crippen LogP contribution in [0.1, 0.15) is 11.3 Å². The molecule has 2 aromatic rings. The molecule has 0 unspecified atom stereocenters. The van der Waals surface area contributed by atoms with Gasteiger partial charge in [-0.05, 0) is 17.7 Å². The van der Waals surface area contributed by atoms with E-state index in [1.54, 1.807) is 18.3 Å². The number of rotatable bonds is 6. The van der Waals surface area contributed by atoms with E-state index in [2.05, 4.69) is 15.3 Å². The number of benzene rings is 1. The molecule has 2 rings (SSSR count). The number of hydrogen-bond acceptors (Lipinski definition) is 6. The fourth-order valence-electron chi connectivity index (χ4n) is 1.73. The number of nitrogens with one attached hydrogen (secondary N) is 1. The quantitative estimate of drug-likeness (QED) is 0.636. The number of aromatic nitrogens is 2. The van der Waals surface area contributed by atoms with Gasteiger partial charge in [-0.25, -0.2) is 9.97 Å². The molecule has 0 amide bonds. The van der Waals surface area contributed by atoms with E-state index in [-0.39, 0.29) is 5.69 Å². The van der Waals surface area contributed by atoms with Crippen LogP contribution in [-0.2, 0) is 13.1 Å². The van der Waals surface area contributed by atoms with E-state index in [1.165, 1.54) is 25.6 Å². The number of nitro groups is 1. The monoisotopic (exact) mass is 274 g/mol. The maximum Gasteiger partial charge on any atom is 0.273 e. The highest BCUT2D eigenvalue weighted by atomic mass is 16.6. The Hall–Kier alpha value is -2.54. The smallest absolute Gasteiger partial charge is 0.273 e. The van der Waals surface area contributed by atoms with Crippen molar-refractivity contribution < 1.29 is 9.66 Å². The van der Waals surface area contributed by atoms with Crippen molar-refractivity contribution in [3.8, 4) is 5.75 Å². The van der Waals surface area contributed by atoms with Crippen LogP contribution in [0.5, 0.6) is 5.75 Å². The van der Waals surface area contributed by atoms with Crippen LogP contribution in [0.4, 0.5) is 5.69 Å². The number of nitro benzene ring substituents is 1. The molecule has 1 N–H and O–H groups in total. The number of hydrogen-bond donors (Lipinski definition) is 1. The summed E-state index contributed by atoms with van der Waals surface area (Å²) in [4.78, 5) is 18.3. The van der Waals surface area contributed by atoms with E-state index in [9.17, 15) is 10.1 Å². The Morgan fingerprint density at radius 1 is 1.35 bits per heavy atom. The molecule has 7 heteroatoms. The molecular weight excluding hydrogens is 260 g/mol. The molecule has 0 atom stereocenters. The Morgan fingerprint density at radius 3 is 2.85 bits per heavy atom. The van der Waals surface area contributed by atoms with Crippen molar-refractivity contribution in [1.82, 2.24) is 15.3 Å². The minimum atomic E-state index is -0.434. The molecule has 104 valence electrons. The first-order valence-corrected chi connectivity index (χ1v) is 5.97. The van der Waals surface area contributed by atoms with Crippen molar-refractivity contribution in [3.05, 3.63) is 58.2 Å². The van der Waals surface area contributed by atoms with Crippen LogP contribution in [0.3, 0.4) is 0 Å². The normalized spacial score (nSPS) is 10.2. The fraction of sp³-hybridized carbons (Fsp3) is 0.231. The van der Waals surface area contributed by atoms with Crippen molar-refractivity contribution in [2.24, 2.45) is 0 Å². The van der Waals surface area contributed by atoms with Gasteiger partial charge in [-0.3, -0.25) is 10.1 Å². The third kappa shape index (κ3) is 3.72. The largest absolute Gasteiger partial charge is 0.496 e. The lowest BCUT2D eigenvalue weighted by molar-refractivity contribution is -0.385. The van der Waals surface area contributed by atoms with Gasteiger partial charge < -0.3 is 10.1 Å². The average molecular weight is 274 g/mol. The summed E-state index contributed by atoms with van der Waals surface area (Å²) in [5, 5.41) is 14.0. The van der Waals surface area contributed by atoms with Gasteiger partial charge in [0.25, 0.3) is 5.69 Å². The van der Waals surface area contributed by atoms with Gasteiger partial charge in [-0.1, -0.05) is 0 Å². The Bertz CT molecular complexity index is 589. The Morgan fingerprint density at radius 2 is 2.20 bits per heavy atom. The number of ether oxygens (including phenoxy) is 1. The van der Waals surface area contributed by atoms with Gasteiger partial charge in [-0.15, -0.1) is 0 Å². The third-order valence-corrected chi connectivity index (χ3v) is 2.68. The van der Waals surface area contributed by atoms with Gasteiger partial charge in [0.15, 0.2) is 0 Å². The summed E-state index contributed by atoms with van der Waals surface area (Å²) in [5.74, 6) is 0.470. The molecule has 0 aliphatic rings. The molecule has 0 aliphatic carbocycles. The van der Waals surface area contributed by atoms with Crippen molar-refractivity contribution in [3.63, 3.8) is 0 Å². The summed E-state index contributed by atoms with van der Waals surface area (Å²) < 4.78 is 5.06. The average Bonchev–Trinajstić information content (AvgIpc) is 2.48. The van der Waals surface area contributed by atoms with Crippen LogP contribution < -0.4 is 10.1 Å². The maximum absolute atomic E-state index is 10.8. The molecule has 0 saturated carbocycles.